The third kappa shape index (κ3) is 4.43. The van der Waals surface area contributed by atoms with Crippen LogP contribution in [0.2, 0.25) is 0 Å². The van der Waals surface area contributed by atoms with E-state index in [0.717, 1.165) is 32.8 Å². The first kappa shape index (κ1) is 20.6. The van der Waals surface area contributed by atoms with Crippen LogP contribution >= 0.6 is 11.8 Å². The van der Waals surface area contributed by atoms with E-state index in [-0.39, 0.29) is 29.2 Å². The fourth-order valence-corrected chi connectivity index (χ4v) is 3.73. The molecular weight excluding hydrogens is 418 g/mol. The lowest BCUT2D eigenvalue weighted by Gasteiger charge is -2.07. The number of nitrogens with zero attached hydrogens (tertiary/aromatic N) is 3. The molecule has 10 heteroatoms. The van der Waals surface area contributed by atoms with Crippen LogP contribution in [-0.2, 0) is 18.3 Å². The second-order valence-corrected chi connectivity index (χ2v) is 7.83. The maximum atomic E-state index is 12.4. The van der Waals surface area contributed by atoms with Crippen molar-refractivity contribution in [1.82, 2.24) is 19.7 Å². The van der Waals surface area contributed by atoms with Gasteiger partial charge < -0.3 is 14.7 Å². The van der Waals surface area contributed by atoms with E-state index < -0.39 is 11.2 Å². The van der Waals surface area contributed by atoms with Crippen molar-refractivity contribution in [3.8, 4) is 0 Å². The van der Waals surface area contributed by atoms with Gasteiger partial charge >= 0.3 is 5.69 Å². The van der Waals surface area contributed by atoms with Crippen LogP contribution in [0.1, 0.15) is 17.1 Å². The van der Waals surface area contributed by atoms with Gasteiger partial charge in [0.1, 0.15) is 0 Å². The molecule has 2 N–H and O–H groups in total. The number of thioether (sulfide) groups is 1. The first-order valence-electron chi connectivity index (χ1n) is 9.44. The van der Waals surface area contributed by atoms with E-state index in [1.54, 1.807) is 6.92 Å². The van der Waals surface area contributed by atoms with Crippen LogP contribution in [0, 0.1) is 6.92 Å². The number of benzene rings is 2. The number of aromatic nitrogens is 4. The van der Waals surface area contributed by atoms with Gasteiger partial charge in [-0.15, -0.1) is 10.2 Å². The number of fused-ring (bicyclic) bond motifs is 1. The van der Waals surface area contributed by atoms with Crippen molar-refractivity contribution < 1.29 is 9.21 Å². The molecule has 2 heterocycles. The summed E-state index contributed by atoms with van der Waals surface area (Å²) < 4.78 is 6.55. The highest BCUT2D eigenvalue weighted by atomic mass is 32.2. The van der Waals surface area contributed by atoms with Crippen LogP contribution in [0.25, 0.3) is 10.8 Å². The van der Waals surface area contributed by atoms with Crippen molar-refractivity contribution in [2.45, 2.75) is 18.6 Å². The zero-order valence-corrected chi connectivity index (χ0v) is 17.7. The molecule has 31 heavy (non-hydrogen) atoms. The van der Waals surface area contributed by atoms with Gasteiger partial charge in [0.2, 0.25) is 11.8 Å². The first-order chi connectivity index (χ1) is 14.9. The Labute approximate surface area is 180 Å². The summed E-state index contributed by atoms with van der Waals surface area (Å²) >= 11 is 1.11. The Morgan fingerprint density at radius 1 is 1.16 bits per heavy atom. The minimum absolute atomic E-state index is 0.0876. The second kappa shape index (κ2) is 8.60. The van der Waals surface area contributed by atoms with Crippen molar-refractivity contribution in [2.75, 3.05) is 11.1 Å². The van der Waals surface area contributed by atoms with Gasteiger partial charge in [-0.05, 0) is 18.4 Å². The van der Waals surface area contributed by atoms with E-state index in [1.165, 1.54) is 7.05 Å². The molecule has 4 aromatic rings. The molecule has 0 bridgehead atoms. The van der Waals surface area contributed by atoms with Gasteiger partial charge in [0.25, 0.3) is 10.8 Å². The van der Waals surface area contributed by atoms with Crippen LogP contribution in [-0.4, -0.2) is 31.4 Å². The molecule has 0 saturated heterocycles. The smallest absolute Gasteiger partial charge is 0.328 e. The minimum atomic E-state index is -0.481. The van der Waals surface area contributed by atoms with Gasteiger partial charge in [0.15, 0.2) is 0 Å². The zero-order chi connectivity index (χ0) is 22.0. The highest BCUT2D eigenvalue weighted by Crippen LogP contribution is 2.24. The quantitative estimate of drug-likeness (QED) is 0.444. The molecule has 0 spiro atoms. The van der Waals surface area contributed by atoms with Gasteiger partial charge in [0.05, 0.1) is 12.2 Å². The Balaban J connectivity index is 1.41. The predicted octanol–water partition coefficient (Wildman–Crippen LogP) is 2.24. The molecule has 0 saturated carbocycles. The molecule has 0 fully saturated rings. The van der Waals surface area contributed by atoms with Gasteiger partial charge in [-0.2, -0.15) is 0 Å². The highest BCUT2D eigenvalue weighted by Gasteiger charge is 2.15. The summed E-state index contributed by atoms with van der Waals surface area (Å²) in [4.78, 5) is 38.9. The Kier molecular flexibility index (Phi) is 5.72. The molecule has 0 aliphatic rings. The molecular formula is C21H19N5O4S. The predicted molar refractivity (Wildman–Crippen MR) is 117 cm³/mol. The molecule has 0 atom stereocenters. The number of aryl methyl sites for hydroxylation is 1. The molecule has 2 aromatic carbocycles. The van der Waals surface area contributed by atoms with E-state index in [2.05, 4.69) is 20.5 Å². The fraction of sp³-hybridized carbons (Fsp3) is 0.190. The van der Waals surface area contributed by atoms with Crippen LogP contribution in [0.4, 0.5) is 5.69 Å². The molecule has 158 valence electrons. The summed E-state index contributed by atoms with van der Waals surface area (Å²) in [5.74, 6) is 0.111. The van der Waals surface area contributed by atoms with Crippen molar-refractivity contribution in [1.29, 1.82) is 0 Å². The van der Waals surface area contributed by atoms with Crippen molar-refractivity contribution in [3.05, 3.63) is 80.5 Å². The van der Waals surface area contributed by atoms with E-state index in [9.17, 15) is 14.4 Å². The number of carbonyl (C=O) groups is 1. The van der Waals surface area contributed by atoms with Gasteiger partial charge in [0, 0.05) is 29.4 Å². The summed E-state index contributed by atoms with van der Waals surface area (Å²) in [5, 5.41) is 13.0. The number of hydrogen-bond acceptors (Lipinski definition) is 7. The lowest BCUT2D eigenvalue weighted by Crippen LogP contribution is -2.36. The fourth-order valence-electron chi connectivity index (χ4n) is 3.15. The van der Waals surface area contributed by atoms with Gasteiger partial charge in [-0.25, -0.2) is 4.79 Å². The minimum Gasteiger partial charge on any atom is -0.416 e. The third-order valence-corrected chi connectivity index (χ3v) is 5.60. The van der Waals surface area contributed by atoms with E-state index >= 15 is 0 Å². The number of carbonyl (C=O) groups excluding carboxylic acids is 1. The number of hydrogen-bond donors (Lipinski definition) is 2. The van der Waals surface area contributed by atoms with Gasteiger partial charge in [-0.1, -0.05) is 48.2 Å². The Bertz CT molecular complexity index is 1380. The number of aromatic amines is 1. The van der Waals surface area contributed by atoms with Crippen molar-refractivity contribution >= 4 is 34.1 Å². The Morgan fingerprint density at radius 2 is 1.94 bits per heavy atom. The molecule has 0 unspecified atom stereocenters. The van der Waals surface area contributed by atoms with Crippen molar-refractivity contribution in [3.63, 3.8) is 0 Å². The Hall–Kier alpha value is -3.66. The molecule has 0 aliphatic heterocycles. The monoisotopic (exact) mass is 437 g/mol. The third-order valence-electron chi connectivity index (χ3n) is 4.78. The molecule has 9 nitrogen and oxygen atoms in total. The zero-order valence-electron chi connectivity index (χ0n) is 16.8. The molecule has 0 radical (unpaired) electrons. The highest BCUT2D eigenvalue weighted by molar-refractivity contribution is 7.99. The second-order valence-electron chi connectivity index (χ2n) is 6.90. The number of H-pyrrole nitrogens is 1. The number of nitrogens with one attached hydrogen (secondary N) is 2. The number of amides is 1. The van der Waals surface area contributed by atoms with Crippen LogP contribution in [0.5, 0.6) is 0 Å². The maximum Gasteiger partial charge on any atom is 0.328 e. The summed E-state index contributed by atoms with van der Waals surface area (Å²) in [6.45, 7) is 1.64. The van der Waals surface area contributed by atoms with Crippen LogP contribution < -0.4 is 16.6 Å². The standard InChI is InChI=1S/C21H19N5O4S/c1-12-15(19(28)26(2)20(29)22-12)10-18-24-25-21(30-18)31-11-17(27)23-16-9-5-7-13-6-3-4-8-14(13)16/h3-9H,10-11H2,1-2H3,(H,22,29)(H,23,27). The van der Waals surface area contributed by atoms with E-state index in [1.807, 2.05) is 42.5 Å². The summed E-state index contributed by atoms with van der Waals surface area (Å²) in [6.07, 6.45) is 0.0883. The SMILES string of the molecule is Cc1[nH]c(=O)n(C)c(=O)c1Cc1nnc(SCC(=O)Nc2cccc3ccccc23)o1. The summed E-state index contributed by atoms with van der Waals surface area (Å²) in [6, 6.07) is 13.5. The summed E-state index contributed by atoms with van der Waals surface area (Å²) in [7, 11) is 1.40. The lowest BCUT2D eigenvalue weighted by atomic mass is 10.1. The molecule has 0 aliphatic carbocycles. The lowest BCUT2D eigenvalue weighted by molar-refractivity contribution is -0.113. The van der Waals surface area contributed by atoms with E-state index in [4.69, 9.17) is 4.42 Å². The molecule has 1 amide bonds. The van der Waals surface area contributed by atoms with E-state index in [0.29, 0.717) is 11.3 Å². The van der Waals surface area contributed by atoms with Crippen LogP contribution in [0.3, 0.4) is 0 Å². The average molecular weight is 437 g/mol. The topological polar surface area (TPSA) is 123 Å². The normalized spacial score (nSPS) is 11.0. The first-order valence-corrected chi connectivity index (χ1v) is 10.4. The van der Waals surface area contributed by atoms with Crippen LogP contribution in [0.15, 0.2) is 61.7 Å². The molecule has 2 aromatic heterocycles. The number of rotatable bonds is 6. The average Bonchev–Trinajstić information content (AvgIpc) is 3.22. The van der Waals surface area contributed by atoms with Crippen molar-refractivity contribution in [2.24, 2.45) is 7.05 Å². The largest absolute Gasteiger partial charge is 0.416 e. The summed E-state index contributed by atoms with van der Waals surface area (Å²) in [5.41, 5.74) is 0.665. The number of anilines is 1. The van der Waals surface area contributed by atoms with Gasteiger partial charge in [-0.3, -0.25) is 14.2 Å². The molecule has 4 rings (SSSR count). The maximum absolute atomic E-state index is 12.4. The Morgan fingerprint density at radius 3 is 2.77 bits per heavy atom.